The largest absolute Gasteiger partial charge is 0.376 e. The van der Waals surface area contributed by atoms with E-state index in [1.165, 1.54) is 23.3 Å². The van der Waals surface area contributed by atoms with Crippen molar-refractivity contribution in [2.75, 3.05) is 6.61 Å². The smallest absolute Gasteiger partial charge is 0.0794 e. The van der Waals surface area contributed by atoms with Crippen LogP contribution in [-0.2, 0) is 11.3 Å². The first-order valence-electron chi connectivity index (χ1n) is 7.33. The van der Waals surface area contributed by atoms with E-state index in [0.29, 0.717) is 12.1 Å². The predicted octanol–water partition coefficient (Wildman–Crippen LogP) is 2.80. The van der Waals surface area contributed by atoms with Gasteiger partial charge in [0.25, 0.3) is 0 Å². The highest BCUT2D eigenvalue weighted by molar-refractivity contribution is 7.13. The molecule has 4 rings (SSSR count). The van der Waals surface area contributed by atoms with E-state index in [1.807, 2.05) is 6.20 Å². The molecule has 2 N–H and O–H groups in total. The number of thiophene rings is 1. The van der Waals surface area contributed by atoms with Crippen LogP contribution in [0.1, 0.15) is 24.8 Å². The van der Waals surface area contributed by atoms with Crippen LogP contribution >= 0.6 is 11.3 Å². The number of nitrogens with zero attached hydrogens (tertiary/aromatic N) is 1. The van der Waals surface area contributed by atoms with Crippen molar-refractivity contribution in [3.8, 4) is 10.6 Å². The van der Waals surface area contributed by atoms with Crippen LogP contribution in [0.4, 0.5) is 0 Å². The molecular weight excluding hydrogens is 270 g/mol. The molecular formula is C15H19N3OS. The predicted molar refractivity (Wildman–Crippen MR) is 79.6 cm³/mol. The SMILES string of the molecule is c1csc(-c2[nH]ncc2CNC2CCOC2C2CC2)c1. The maximum absolute atomic E-state index is 5.88. The fourth-order valence-electron chi connectivity index (χ4n) is 3.04. The summed E-state index contributed by atoms with van der Waals surface area (Å²) in [5.41, 5.74) is 2.39. The molecule has 0 radical (unpaired) electrons. The Morgan fingerprint density at radius 2 is 2.35 bits per heavy atom. The molecule has 106 valence electrons. The summed E-state index contributed by atoms with van der Waals surface area (Å²) in [7, 11) is 0. The highest BCUT2D eigenvalue weighted by Crippen LogP contribution is 2.38. The van der Waals surface area contributed by atoms with Crippen molar-refractivity contribution in [2.45, 2.75) is 38.0 Å². The molecule has 5 heteroatoms. The van der Waals surface area contributed by atoms with Crippen LogP contribution in [0.5, 0.6) is 0 Å². The number of nitrogens with one attached hydrogen (secondary N) is 2. The van der Waals surface area contributed by atoms with Gasteiger partial charge in [-0.25, -0.2) is 0 Å². The second-order valence-corrected chi connectivity index (χ2v) is 6.64. The van der Waals surface area contributed by atoms with E-state index in [4.69, 9.17) is 4.74 Å². The normalized spacial score (nSPS) is 26.2. The van der Waals surface area contributed by atoms with E-state index in [2.05, 4.69) is 33.0 Å². The lowest BCUT2D eigenvalue weighted by Crippen LogP contribution is -2.37. The zero-order chi connectivity index (χ0) is 13.4. The van der Waals surface area contributed by atoms with Crippen LogP contribution in [0.15, 0.2) is 23.7 Å². The van der Waals surface area contributed by atoms with Crippen LogP contribution in [-0.4, -0.2) is 29.0 Å². The average molecular weight is 289 g/mol. The van der Waals surface area contributed by atoms with Gasteiger partial charge in [0.1, 0.15) is 0 Å². The van der Waals surface area contributed by atoms with Crippen LogP contribution in [0.3, 0.4) is 0 Å². The number of hydrogen-bond donors (Lipinski definition) is 2. The van der Waals surface area contributed by atoms with Crippen molar-refractivity contribution in [1.29, 1.82) is 0 Å². The topological polar surface area (TPSA) is 49.9 Å². The standard InChI is InChI=1S/C15H19N3OS/c1-2-13(20-7-1)14-11(9-17-18-14)8-16-12-5-6-19-15(12)10-3-4-10/h1-2,7,9-10,12,15-16H,3-6,8H2,(H,17,18). The molecule has 2 aromatic rings. The lowest BCUT2D eigenvalue weighted by molar-refractivity contribution is 0.0809. The van der Waals surface area contributed by atoms with E-state index in [1.54, 1.807) is 11.3 Å². The summed E-state index contributed by atoms with van der Waals surface area (Å²) in [6.45, 7) is 1.77. The van der Waals surface area contributed by atoms with E-state index < -0.39 is 0 Å². The Labute approximate surface area is 122 Å². The highest BCUT2D eigenvalue weighted by atomic mass is 32.1. The summed E-state index contributed by atoms with van der Waals surface area (Å²) < 4.78 is 5.88. The molecule has 1 aliphatic heterocycles. The van der Waals surface area contributed by atoms with E-state index >= 15 is 0 Å². The number of hydrogen-bond acceptors (Lipinski definition) is 4. The first kappa shape index (κ1) is 12.6. The molecule has 20 heavy (non-hydrogen) atoms. The van der Waals surface area contributed by atoms with Crippen LogP contribution < -0.4 is 5.32 Å². The van der Waals surface area contributed by atoms with Crippen LogP contribution in [0.25, 0.3) is 10.6 Å². The van der Waals surface area contributed by atoms with Gasteiger partial charge < -0.3 is 10.1 Å². The average Bonchev–Trinajstić information content (AvgIpc) is 2.92. The lowest BCUT2D eigenvalue weighted by atomic mass is 10.1. The summed E-state index contributed by atoms with van der Waals surface area (Å²) >= 11 is 1.74. The van der Waals surface area contributed by atoms with E-state index in [-0.39, 0.29) is 0 Å². The van der Waals surface area contributed by atoms with Crippen molar-refractivity contribution < 1.29 is 4.74 Å². The van der Waals surface area contributed by atoms with Crippen LogP contribution in [0, 0.1) is 5.92 Å². The summed E-state index contributed by atoms with van der Waals surface area (Å²) in [6, 6.07) is 4.72. The third-order valence-electron chi connectivity index (χ3n) is 4.26. The second kappa shape index (κ2) is 5.31. The number of rotatable bonds is 5. The van der Waals surface area contributed by atoms with Gasteiger partial charge in [-0.15, -0.1) is 11.3 Å². The second-order valence-electron chi connectivity index (χ2n) is 5.70. The molecule has 0 aromatic carbocycles. The summed E-state index contributed by atoms with van der Waals surface area (Å²) in [4.78, 5) is 1.25. The molecule has 2 aromatic heterocycles. The van der Waals surface area contributed by atoms with Crippen molar-refractivity contribution >= 4 is 11.3 Å². The zero-order valence-electron chi connectivity index (χ0n) is 11.3. The Morgan fingerprint density at radius 1 is 1.40 bits per heavy atom. The molecule has 4 nitrogen and oxygen atoms in total. The Bertz CT molecular complexity index is 561. The minimum atomic E-state index is 0.437. The van der Waals surface area contributed by atoms with Gasteiger partial charge in [0, 0.05) is 24.8 Å². The number of aromatic amines is 1. The van der Waals surface area contributed by atoms with E-state index in [0.717, 1.165) is 31.2 Å². The molecule has 2 atom stereocenters. The van der Waals surface area contributed by atoms with Gasteiger partial charge in [-0.1, -0.05) is 6.07 Å². The van der Waals surface area contributed by atoms with Crippen molar-refractivity contribution in [3.05, 3.63) is 29.3 Å². The maximum atomic E-state index is 5.88. The van der Waals surface area contributed by atoms with Crippen LogP contribution in [0.2, 0.25) is 0 Å². The van der Waals surface area contributed by atoms with Crippen molar-refractivity contribution in [3.63, 3.8) is 0 Å². The molecule has 3 heterocycles. The first-order chi connectivity index (χ1) is 9.92. The van der Waals surface area contributed by atoms with Crippen molar-refractivity contribution in [2.24, 2.45) is 5.92 Å². The van der Waals surface area contributed by atoms with Gasteiger partial charge in [-0.2, -0.15) is 5.10 Å². The number of H-pyrrole nitrogens is 1. The van der Waals surface area contributed by atoms with Gasteiger partial charge in [0.05, 0.1) is 22.9 Å². The van der Waals surface area contributed by atoms with E-state index in [9.17, 15) is 0 Å². The fourth-order valence-corrected chi connectivity index (χ4v) is 3.79. The van der Waals surface area contributed by atoms with Crippen molar-refractivity contribution in [1.82, 2.24) is 15.5 Å². The summed E-state index contributed by atoms with van der Waals surface area (Å²) in [6.07, 6.45) is 6.19. The molecule has 1 saturated carbocycles. The molecule has 1 saturated heterocycles. The molecule has 0 bridgehead atoms. The summed E-state index contributed by atoms with van der Waals surface area (Å²) in [5.74, 6) is 0.802. The third-order valence-corrected chi connectivity index (χ3v) is 5.15. The quantitative estimate of drug-likeness (QED) is 0.890. The Morgan fingerprint density at radius 3 is 3.15 bits per heavy atom. The monoisotopic (exact) mass is 289 g/mol. The molecule has 2 unspecified atom stereocenters. The lowest BCUT2D eigenvalue weighted by Gasteiger charge is -2.19. The molecule has 2 aliphatic rings. The number of ether oxygens (including phenoxy) is 1. The van der Waals surface area contributed by atoms with Gasteiger partial charge >= 0.3 is 0 Å². The third kappa shape index (κ3) is 2.41. The molecule has 1 aliphatic carbocycles. The molecule has 0 amide bonds. The van der Waals surface area contributed by atoms with Gasteiger partial charge in [-0.05, 0) is 36.6 Å². The first-order valence-corrected chi connectivity index (χ1v) is 8.21. The summed E-state index contributed by atoms with van der Waals surface area (Å²) in [5, 5.41) is 13.1. The number of aromatic nitrogens is 2. The van der Waals surface area contributed by atoms with Gasteiger partial charge in [0.15, 0.2) is 0 Å². The Kier molecular flexibility index (Phi) is 3.34. The Balaban J connectivity index is 1.43. The molecule has 0 spiro atoms. The zero-order valence-corrected chi connectivity index (χ0v) is 12.2. The Hall–Kier alpha value is -1.17. The van der Waals surface area contributed by atoms with Gasteiger partial charge in [0.2, 0.25) is 0 Å². The fraction of sp³-hybridized carbons (Fsp3) is 0.533. The molecule has 2 fully saturated rings. The maximum Gasteiger partial charge on any atom is 0.0794 e. The minimum absolute atomic E-state index is 0.437. The minimum Gasteiger partial charge on any atom is -0.376 e. The van der Waals surface area contributed by atoms with Gasteiger partial charge in [-0.3, -0.25) is 5.10 Å². The highest BCUT2D eigenvalue weighted by Gasteiger charge is 2.40.